The van der Waals surface area contributed by atoms with Gasteiger partial charge in [0.15, 0.2) is 5.96 Å². The van der Waals surface area contributed by atoms with Gasteiger partial charge in [0.05, 0.1) is 13.2 Å². The van der Waals surface area contributed by atoms with Crippen molar-refractivity contribution in [1.82, 2.24) is 25.3 Å². The Morgan fingerprint density at radius 3 is 2.38 bits per heavy atom. The number of guanidine groups is 1. The fraction of sp³-hybridized carbons (Fsp3) is 0.591. The van der Waals surface area contributed by atoms with E-state index in [0.717, 1.165) is 45.1 Å². The Bertz CT molecular complexity index is 709. The van der Waals surface area contributed by atoms with E-state index < -0.39 is 0 Å². The lowest BCUT2D eigenvalue weighted by molar-refractivity contribution is -0.127. The van der Waals surface area contributed by atoms with E-state index in [1.807, 2.05) is 18.2 Å². The Morgan fingerprint density at radius 2 is 1.75 bits per heavy atom. The second kappa shape index (κ2) is 15.8. The quantitative estimate of drug-likeness (QED) is 0.185. The summed E-state index contributed by atoms with van der Waals surface area (Å²) in [6.07, 6.45) is 0.878. The third-order valence-corrected chi connectivity index (χ3v) is 5.07. The number of hydrogen-bond acceptors (Lipinski definition) is 5. The van der Waals surface area contributed by atoms with Crippen LogP contribution in [0, 0.1) is 0 Å². The van der Waals surface area contributed by atoms with Crippen molar-refractivity contribution in [3.05, 3.63) is 35.9 Å². The molecule has 1 heterocycles. The van der Waals surface area contributed by atoms with E-state index in [1.165, 1.54) is 5.56 Å². The number of carbonyl (C=O) groups is 2. The monoisotopic (exact) mass is 560 g/mol. The van der Waals surface area contributed by atoms with E-state index >= 15 is 0 Å². The molecular weight excluding hydrogens is 523 g/mol. The van der Waals surface area contributed by atoms with Crippen LogP contribution in [0.15, 0.2) is 35.3 Å². The lowest BCUT2D eigenvalue weighted by atomic mass is 10.1. The minimum atomic E-state index is -0.0336. The Labute approximate surface area is 208 Å². The summed E-state index contributed by atoms with van der Waals surface area (Å²) in [4.78, 5) is 34.4. The summed E-state index contributed by atoms with van der Waals surface area (Å²) >= 11 is 0. The number of piperazine rings is 1. The molecule has 1 saturated heterocycles. The Hall–Kier alpha value is -1.92. The molecule has 1 aliphatic heterocycles. The topological polar surface area (TPSA) is 89.5 Å². The van der Waals surface area contributed by atoms with Crippen molar-refractivity contribution >= 4 is 41.8 Å². The van der Waals surface area contributed by atoms with E-state index in [-0.39, 0.29) is 42.3 Å². The third kappa shape index (κ3) is 10.6. The summed E-state index contributed by atoms with van der Waals surface area (Å²) in [5.41, 5.74) is 1.25. The van der Waals surface area contributed by atoms with Crippen LogP contribution in [0.3, 0.4) is 0 Å². The van der Waals surface area contributed by atoms with Crippen LogP contribution in [-0.4, -0.2) is 113 Å². The predicted molar refractivity (Wildman–Crippen MR) is 137 cm³/mol. The molecule has 0 aromatic heterocycles. The number of ether oxygens (including phenoxy) is 1. The van der Waals surface area contributed by atoms with Crippen LogP contribution >= 0.6 is 24.0 Å². The minimum Gasteiger partial charge on any atom is -0.383 e. The van der Waals surface area contributed by atoms with Gasteiger partial charge in [-0.1, -0.05) is 30.3 Å². The summed E-state index contributed by atoms with van der Waals surface area (Å²) in [6, 6.07) is 10.3. The molecule has 0 radical (unpaired) electrons. The van der Waals surface area contributed by atoms with Crippen molar-refractivity contribution in [3.8, 4) is 0 Å². The molecule has 0 unspecified atom stereocenters. The average Bonchev–Trinajstić information content (AvgIpc) is 2.77. The molecular formula is C22H37IN6O3. The van der Waals surface area contributed by atoms with Crippen molar-refractivity contribution in [1.29, 1.82) is 0 Å². The number of nitrogens with one attached hydrogen (secondary N) is 2. The van der Waals surface area contributed by atoms with Gasteiger partial charge in [0.2, 0.25) is 11.8 Å². The van der Waals surface area contributed by atoms with Gasteiger partial charge in [-0.2, -0.15) is 0 Å². The van der Waals surface area contributed by atoms with Crippen LogP contribution in [0.4, 0.5) is 0 Å². The van der Waals surface area contributed by atoms with E-state index in [4.69, 9.17) is 4.74 Å². The zero-order chi connectivity index (χ0) is 22.5. The molecule has 0 aliphatic carbocycles. The summed E-state index contributed by atoms with van der Waals surface area (Å²) in [6.45, 7) is 5.29. The molecule has 32 heavy (non-hydrogen) atoms. The van der Waals surface area contributed by atoms with Crippen LogP contribution < -0.4 is 10.6 Å². The number of hydrogen-bond donors (Lipinski definition) is 2. The van der Waals surface area contributed by atoms with Gasteiger partial charge in [0.25, 0.3) is 0 Å². The molecule has 0 spiro atoms. The highest BCUT2D eigenvalue weighted by atomic mass is 127. The molecule has 2 rings (SSSR count). The van der Waals surface area contributed by atoms with Gasteiger partial charge in [-0.15, -0.1) is 24.0 Å². The molecule has 0 atom stereocenters. The first-order valence-corrected chi connectivity index (χ1v) is 10.7. The first-order valence-electron chi connectivity index (χ1n) is 10.7. The molecule has 10 heteroatoms. The molecule has 2 amide bonds. The van der Waals surface area contributed by atoms with Gasteiger partial charge in [0.1, 0.15) is 6.54 Å². The number of halogens is 1. The Balaban J connectivity index is 0.00000512. The SMILES string of the molecule is COCCNC(=O)CN1CCN(C(=NCC(=O)N(C)C)NCCc2ccccc2)CC1.I. The van der Waals surface area contributed by atoms with Crippen LogP contribution in [0.25, 0.3) is 0 Å². The first kappa shape index (κ1) is 28.1. The van der Waals surface area contributed by atoms with Crippen molar-refractivity contribution in [3.63, 3.8) is 0 Å². The summed E-state index contributed by atoms with van der Waals surface area (Å²) in [5.74, 6) is 0.723. The van der Waals surface area contributed by atoms with E-state index in [0.29, 0.717) is 19.7 Å². The van der Waals surface area contributed by atoms with E-state index in [9.17, 15) is 9.59 Å². The number of likely N-dealkylation sites (N-methyl/N-ethyl adjacent to an activating group) is 1. The maximum absolute atomic E-state index is 12.0. The van der Waals surface area contributed by atoms with Crippen LogP contribution in [-0.2, 0) is 20.7 Å². The van der Waals surface area contributed by atoms with Gasteiger partial charge < -0.3 is 25.2 Å². The number of methoxy groups -OCH3 is 1. The highest BCUT2D eigenvalue weighted by Crippen LogP contribution is 2.04. The third-order valence-electron chi connectivity index (χ3n) is 5.07. The van der Waals surface area contributed by atoms with Crippen molar-refractivity contribution in [2.45, 2.75) is 6.42 Å². The second-order valence-corrected chi connectivity index (χ2v) is 7.70. The maximum Gasteiger partial charge on any atom is 0.243 e. The highest BCUT2D eigenvalue weighted by Gasteiger charge is 2.21. The second-order valence-electron chi connectivity index (χ2n) is 7.70. The first-order chi connectivity index (χ1) is 15.0. The van der Waals surface area contributed by atoms with Crippen LogP contribution in [0.5, 0.6) is 0 Å². The highest BCUT2D eigenvalue weighted by molar-refractivity contribution is 14.0. The summed E-state index contributed by atoms with van der Waals surface area (Å²) < 4.78 is 4.96. The molecule has 180 valence electrons. The largest absolute Gasteiger partial charge is 0.383 e. The van der Waals surface area contributed by atoms with Crippen molar-refractivity contribution in [2.24, 2.45) is 4.99 Å². The Kier molecular flexibility index (Phi) is 13.9. The number of nitrogens with zero attached hydrogens (tertiary/aromatic N) is 4. The fourth-order valence-corrected chi connectivity index (χ4v) is 3.18. The van der Waals surface area contributed by atoms with E-state index in [1.54, 1.807) is 26.1 Å². The number of benzene rings is 1. The number of carbonyl (C=O) groups excluding carboxylic acids is 2. The van der Waals surface area contributed by atoms with Crippen LogP contribution in [0.2, 0.25) is 0 Å². The lowest BCUT2D eigenvalue weighted by Gasteiger charge is -2.36. The van der Waals surface area contributed by atoms with Gasteiger partial charge in [-0.25, -0.2) is 4.99 Å². The number of aliphatic imine (C=N–C) groups is 1. The maximum atomic E-state index is 12.0. The van der Waals surface area contributed by atoms with Gasteiger partial charge >= 0.3 is 0 Å². The van der Waals surface area contributed by atoms with E-state index in [2.05, 4.69) is 37.6 Å². The standard InChI is InChI=1S/C22H36N6O3.HI/c1-26(2)21(30)17-25-22(24-10-9-19-7-5-4-6-8-19)28-14-12-27(13-15-28)18-20(29)23-11-16-31-3;/h4-8H,9-18H2,1-3H3,(H,23,29)(H,24,25);1H. The molecule has 1 aromatic rings. The van der Waals surface area contributed by atoms with Crippen molar-refractivity contribution < 1.29 is 14.3 Å². The van der Waals surface area contributed by atoms with Gasteiger partial charge in [-0.3, -0.25) is 14.5 Å². The number of rotatable bonds is 10. The molecule has 1 fully saturated rings. The fourth-order valence-electron chi connectivity index (χ4n) is 3.18. The molecule has 2 N–H and O–H groups in total. The average molecular weight is 560 g/mol. The minimum absolute atomic E-state index is 0. The normalized spacial score (nSPS) is 14.5. The smallest absolute Gasteiger partial charge is 0.243 e. The van der Waals surface area contributed by atoms with Crippen molar-refractivity contribution in [2.75, 3.05) is 80.2 Å². The molecule has 1 aromatic carbocycles. The van der Waals surface area contributed by atoms with Crippen LogP contribution in [0.1, 0.15) is 5.56 Å². The Morgan fingerprint density at radius 1 is 1.06 bits per heavy atom. The zero-order valence-corrected chi connectivity index (χ0v) is 21.7. The molecule has 0 bridgehead atoms. The predicted octanol–water partition coefficient (Wildman–Crippen LogP) is 0.261. The van der Waals surface area contributed by atoms with Gasteiger partial charge in [-0.05, 0) is 12.0 Å². The lowest BCUT2D eigenvalue weighted by Crippen LogP contribution is -2.54. The summed E-state index contributed by atoms with van der Waals surface area (Å²) in [7, 11) is 5.08. The summed E-state index contributed by atoms with van der Waals surface area (Å²) in [5, 5.41) is 6.27. The zero-order valence-electron chi connectivity index (χ0n) is 19.4. The molecule has 0 saturated carbocycles. The number of amides is 2. The van der Waals surface area contributed by atoms with Gasteiger partial charge in [0, 0.05) is 60.5 Å². The molecule has 9 nitrogen and oxygen atoms in total. The molecule has 1 aliphatic rings.